The summed E-state index contributed by atoms with van der Waals surface area (Å²) in [6, 6.07) is 15.4. The number of likely N-dealkylation sites (N-methyl/N-ethyl adjacent to an activating group) is 1. The quantitative estimate of drug-likeness (QED) is 0.473. The second-order valence-electron chi connectivity index (χ2n) is 9.60. The summed E-state index contributed by atoms with van der Waals surface area (Å²) >= 11 is 0. The molecular formula is C26H33N5O4S. The zero-order chi connectivity index (χ0) is 26.7. The Balaban J connectivity index is 1.84. The zero-order valence-corrected chi connectivity index (χ0v) is 22.3. The summed E-state index contributed by atoms with van der Waals surface area (Å²) in [4.78, 5) is 24.3. The fourth-order valence-corrected chi connectivity index (χ4v) is 4.97. The van der Waals surface area contributed by atoms with Gasteiger partial charge in [0.2, 0.25) is 21.8 Å². The van der Waals surface area contributed by atoms with Crippen LogP contribution in [0.3, 0.4) is 0 Å². The second-order valence-corrected chi connectivity index (χ2v) is 11.5. The monoisotopic (exact) mass is 511 g/mol. The summed E-state index contributed by atoms with van der Waals surface area (Å²) in [5.41, 5.74) is 2.86. The Morgan fingerprint density at radius 2 is 1.69 bits per heavy atom. The van der Waals surface area contributed by atoms with Gasteiger partial charge in [0.1, 0.15) is 5.82 Å². The molecule has 0 radical (unpaired) electrons. The lowest BCUT2D eigenvalue weighted by atomic mass is 9.92. The summed E-state index contributed by atoms with van der Waals surface area (Å²) < 4.78 is 29.1. The molecule has 1 heterocycles. The molecule has 0 atom stereocenters. The number of nitrogens with zero attached hydrogens (tertiary/aromatic N) is 3. The van der Waals surface area contributed by atoms with Crippen molar-refractivity contribution in [1.29, 1.82) is 0 Å². The van der Waals surface area contributed by atoms with E-state index in [-0.39, 0.29) is 29.3 Å². The number of aryl methyl sites for hydroxylation is 1. The number of benzene rings is 2. The van der Waals surface area contributed by atoms with Crippen molar-refractivity contribution in [1.82, 2.24) is 14.1 Å². The van der Waals surface area contributed by atoms with Crippen LogP contribution in [0.5, 0.6) is 0 Å². The Labute approximate surface area is 212 Å². The summed E-state index contributed by atoms with van der Waals surface area (Å²) in [7, 11) is -3.93. The van der Waals surface area contributed by atoms with Crippen molar-refractivity contribution in [3.8, 4) is 5.69 Å². The summed E-state index contributed by atoms with van der Waals surface area (Å²) in [6.07, 6.45) is 0. The first kappa shape index (κ1) is 27.1. The third-order valence-corrected chi connectivity index (χ3v) is 7.41. The third-order valence-electron chi connectivity index (χ3n) is 5.48. The number of aromatic nitrogens is 2. The molecule has 1 aromatic heterocycles. The smallest absolute Gasteiger partial charge is 0.243 e. The molecule has 2 aromatic carbocycles. The number of carbonyl (C=O) groups excluding carboxylic acids is 2. The van der Waals surface area contributed by atoms with Crippen LogP contribution in [0.4, 0.5) is 11.5 Å². The molecule has 0 aliphatic rings. The van der Waals surface area contributed by atoms with Gasteiger partial charge in [-0.05, 0) is 48.9 Å². The molecule has 0 saturated heterocycles. The van der Waals surface area contributed by atoms with Gasteiger partial charge >= 0.3 is 0 Å². The Morgan fingerprint density at radius 3 is 2.25 bits per heavy atom. The molecule has 0 aliphatic carbocycles. The highest BCUT2D eigenvalue weighted by atomic mass is 32.2. The molecular weight excluding hydrogens is 478 g/mol. The normalized spacial score (nSPS) is 12.0. The minimum atomic E-state index is -3.93. The molecule has 2 amide bonds. The van der Waals surface area contributed by atoms with E-state index in [1.165, 1.54) is 31.2 Å². The topological polar surface area (TPSA) is 113 Å². The van der Waals surface area contributed by atoms with Crippen LogP contribution in [0.25, 0.3) is 5.69 Å². The van der Waals surface area contributed by atoms with E-state index in [0.717, 1.165) is 21.2 Å². The van der Waals surface area contributed by atoms with Crippen molar-refractivity contribution >= 4 is 33.3 Å². The van der Waals surface area contributed by atoms with Gasteiger partial charge in [-0.2, -0.15) is 9.40 Å². The molecule has 9 nitrogen and oxygen atoms in total. The Morgan fingerprint density at radius 1 is 1.03 bits per heavy atom. The predicted molar refractivity (Wildman–Crippen MR) is 141 cm³/mol. The minimum absolute atomic E-state index is 0.0334. The highest BCUT2D eigenvalue weighted by Crippen LogP contribution is 2.27. The van der Waals surface area contributed by atoms with E-state index in [9.17, 15) is 18.0 Å². The lowest BCUT2D eigenvalue weighted by Crippen LogP contribution is -2.38. The van der Waals surface area contributed by atoms with Gasteiger partial charge in [-0.15, -0.1) is 0 Å². The average Bonchev–Trinajstić information content (AvgIpc) is 3.21. The average molecular weight is 512 g/mol. The number of nitrogens with one attached hydrogen (secondary N) is 2. The molecule has 0 bridgehead atoms. The molecule has 2 N–H and O–H groups in total. The fraction of sp³-hybridized carbons (Fsp3) is 0.346. The number of hydrogen-bond donors (Lipinski definition) is 2. The van der Waals surface area contributed by atoms with E-state index in [1.54, 1.807) is 11.6 Å². The number of hydrogen-bond acceptors (Lipinski definition) is 5. The molecule has 3 rings (SSSR count). The van der Waals surface area contributed by atoms with Gasteiger partial charge < -0.3 is 10.6 Å². The van der Waals surface area contributed by atoms with Crippen LogP contribution < -0.4 is 10.6 Å². The maximum atomic E-state index is 13.2. The SMILES string of the molecule is CCN(CC(=O)Nc1cc(C(C)(C)C)nn1-c1cccc(C)c1)S(=O)(=O)c1ccc(NC(C)=O)cc1. The van der Waals surface area contributed by atoms with Crippen LogP contribution in [0.2, 0.25) is 0 Å². The molecule has 0 fully saturated rings. The lowest BCUT2D eigenvalue weighted by Gasteiger charge is -2.20. The summed E-state index contributed by atoms with van der Waals surface area (Å²) in [5, 5.41) is 10.2. The lowest BCUT2D eigenvalue weighted by molar-refractivity contribution is -0.116. The van der Waals surface area contributed by atoms with Crippen LogP contribution >= 0.6 is 0 Å². The Hall–Kier alpha value is -3.50. The maximum absolute atomic E-state index is 13.2. The Kier molecular flexibility index (Phi) is 8.00. The van der Waals surface area contributed by atoms with Crippen LogP contribution in [0.1, 0.15) is 45.9 Å². The van der Waals surface area contributed by atoms with Gasteiger partial charge in [-0.3, -0.25) is 9.59 Å². The first-order chi connectivity index (χ1) is 16.8. The largest absolute Gasteiger partial charge is 0.326 e. The first-order valence-electron chi connectivity index (χ1n) is 11.7. The van der Waals surface area contributed by atoms with Crippen molar-refractivity contribution < 1.29 is 18.0 Å². The number of anilines is 2. The number of amides is 2. The van der Waals surface area contributed by atoms with Gasteiger partial charge in [-0.1, -0.05) is 39.8 Å². The van der Waals surface area contributed by atoms with Crippen LogP contribution in [-0.2, 0) is 25.0 Å². The highest BCUT2D eigenvalue weighted by molar-refractivity contribution is 7.89. The van der Waals surface area contributed by atoms with E-state index in [1.807, 2.05) is 58.0 Å². The van der Waals surface area contributed by atoms with E-state index >= 15 is 0 Å². The van der Waals surface area contributed by atoms with E-state index in [0.29, 0.717) is 11.5 Å². The number of rotatable bonds is 8. The van der Waals surface area contributed by atoms with Crippen LogP contribution in [0.15, 0.2) is 59.5 Å². The molecule has 3 aromatic rings. The molecule has 192 valence electrons. The van der Waals surface area contributed by atoms with Crippen molar-refractivity contribution in [2.45, 2.75) is 51.9 Å². The highest BCUT2D eigenvalue weighted by Gasteiger charge is 2.27. The molecule has 0 unspecified atom stereocenters. The van der Waals surface area contributed by atoms with Crippen molar-refractivity contribution in [3.05, 3.63) is 65.9 Å². The summed E-state index contributed by atoms with van der Waals surface area (Å²) in [5.74, 6) is -0.273. The van der Waals surface area contributed by atoms with Gasteiger partial charge in [-0.25, -0.2) is 13.1 Å². The zero-order valence-electron chi connectivity index (χ0n) is 21.5. The van der Waals surface area contributed by atoms with Crippen molar-refractivity contribution in [2.75, 3.05) is 23.7 Å². The minimum Gasteiger partial charge on any atom is -0.326 e. The second kappa shape index (κ2) is 10.6. The number of sulfonamides is 1. The van der Waals surface area contributed by atoms with Gasteiger partial charge in [0.15, 0.2) is 0 Å². The summed E-state index contributed by atoms with van der Waals surface area (Å²) in [6.45, 7) is 10.9. The molecule has 36 heavy (non-hydrogen) atoms. The van der Waals surface area contributed by atoms with Gasteiger partial charge in [0.05, 0.1) is 22.8 Å². The van der Waals surface area contributed by atoms with Gasteiger partial charge in [0.25, 0.3) is 0 Å². The predicted octanol–water partition coefficient (Wildman–Crippen LogP) is 4.09. The van der Waals surface area contributed by atoms with Crippen molar-refractivity contribution in [2.24, 2.45) is 0 Å². The fourth-order valence-electron chi connectivity index (χ4n) is 3.57. The molecule has 0 saturated carbocycles. The van der Waals surface area contributed by atoms with E-state index in [4.69, 9.17) is 5.10 Å². The van der Waals surface area contributed by atoms with E-state index in [2.05, 4.69) is 10.6 Å². The molecule has 10 heteroatoms. The van der Waals surface area contributed by atoms with E-state index < -0.39 is 15.9 Å². The first-order valence-corrected chi connectivity index (χ1v) is 13.1. The molecule has 0 aliphatic heterocycles. The van der Waals surface area contributed by atoms with Crippen LogP contribution in [-0.4, -0.2) is 47.4 Å². The standard InChI is InChI=1S/C26H33N5O4S/c1-7-30(36(34,35)22-13-11-20(12-14-22)27-19(3)32)17-25(33)28-24-16-23(26(4,5)6)29-31(24)21-10-8-9-18(2)15-21/h8-16H,7,17H2,1-6H3,(H,27,32)(H,28,33). The molecule has 0 spiro atoms. The van der Waals surface area contributed by atoms with Crippen molar-refractivity contribution in [3.63, 3.8) is 0 Å². The Bertz CT molecular complexity index is 1360. The number of carbonyl (C=O) groups is 2. The van der Waals surface area contributed by atoms with Crippen LogP contribution in [0, 0.1) is 6.92 Å². The maximum Gasteiger partial charge on any atom is 0.243 e. The third kappa shape index (κ3) is 6.38. The van der Waals surface area contributed by atoms with Gasteiger partial charge in [0, 0.05) is 30.6 Å².